The van der Waals surface area contributed by atoms with E-state index in [0.29, 0.717) is 50.2 Å². The highest BCUT2D eigenvalue weighted by atomic mass is 16.6. The van der Waals surface area contributed by atoms with Crippen LogP contribution in [0.2, 0.25) is 0 Å². The van der Waals surface area contributed by atoms with Crippen LogP contribution in [0.25, 0.3) is 0 Å². The number of carbonyl (C=O) groups excluding carboxylic acids is 2. The van der Waals surface area contributed by atoms with E-state index < -0.39 is 11.7 Å². The molecule has 0 radical (unpaired) electrons. The molecule has 1 fully saturated rings. The first kappa shape index (κ1) is 25.1. The fraction of sp³-hybridized carbons (Fsp3) is 0.310. The molecule has 1 N–H and O–H groups in total. The van der Waals surface area contributed by atoms with E-state index in [1.165, 1.54) is 0 Å². The van der Waals surface area contributed by atoms with Gasteiger partial charge in [0.05, 0.1) is 14.2 Å². The highest BCUT2D eigenvalue weighted by Crippen LogP contribution is 2.37. The van der Waals surface area contributed by atoms with E-state index in [4.69, 9.17) is 14.2 Å². The molecule has 4 rings (SSSR count). The van der Waals surface area contributed by atoms with Gasteiger partial charge in [-0.05, 0) is 53.9 Å². The summed E-state index contributed by atoms with van der Waals surface area (Å²) in [5, 5.41) is 2.89. The highest BCUT2D eigenvalue weighted by molar-refractivity contribution is 5.94. The molecule has 7 nitrogen and oxygen atoms in total. The molecule has 0 spiro atoms. The van der Waals surface area contributed by atoms with Crippen LogP contribution in [0, 0.1) is 0 Å². The molecule has 0 atom stereocenters. The molecule has 1 aliphatic heterocycles. The van der Waals surface area contributed by atoms with Crippen LogP contribution in [-0.4, -0.2) is 50.8 Å². The minimum absolute atomic E-state index is 0.0387. The van der Waals surface area contributed by atoms with Crippen molar-refractivity contribution >= 4 is 12.0 Å². The average molecular weight is 489 g/mol. The summed E-state index contributed by atoms with van der Waals surface area (Å²) in [7, 11) is 3.23. The van der Waals surface area contributed by atoms with E-state index in [1.54, 1.807) is 38.5 Å². The lowest BCUT2D eigenvalue weighted by molar-refractivity contribution is -0.0356. The van der Waals surface area contributed by atoms with Crippen LogP contribution in [0.1, 0.15) is 34.3 Å². The summed E-state index contributed by atoms with van der Waals surface area (Å²) in [5.74, 6) is 1.47. The number of rotatable bonds is 8. The fourth-order valence-electron chi connectivity index (χ4n) is 4.49. The zero-order valence-corrected chi connectivity index (χ0v) is 20.7. The van der Waals surface area contributed by atoms with Gasteiger partial charge in [-0.3, -0.25) is 4.79 Å². The van der Waals surface area contributed by atoms with Crippen molar-refractivity contribution in [3.63, 3.8) is 0 Å². The number of carbonyl (C=O) groups is 2. The number of methoxy groups -OCH3 is 2. The molecule has 7 heteroatoms. The third-order valence-corrected chi connectivity index (χ3v) is 6.63. The van der Waals surface area contributed by atoms with Gasteiger partial charge in [0.1, 0.15) is 17.1 Å². The van der Waals surface area contributed by atoms with Gasteiger partial charge in [0.2, 0.25) is 0 Å². The number of nitrogens with zero attached hydrogens (tertiary/aromatic N) is 1. The number of amides is 2. The Kier molecular flexibility index (Phi) is 8.10. The van der Waals surface area contributed by atoms with Crippen LogP contribution in [-0.2, 0) is 16.8 Å². The van der Waals surface area contributed by atoms with Crippen LogP contribution in [0.5, 0.6) is 11.5 Å². The highest BCUT2D eigenvalue weighted by Gasteiger charge is 2.41. The van der Waals surface area contributed by atoms with Crippen molar-refractivity contribution in [3.05, 3.63) is 95.6 Å². The molecule has 1 saturated heterocycles. The van der Waals surface area contributed by atoms with E-state index in [9.17, 15) is 9.59 Å². The monoisotopic (exact) mass is 488 g/mol. The molecule has 0 bridgehead atoms. The second-order valence-electron chi connectivity index (χ2n) is 8.80. The molecule has 0 aromatic heterocycles. The molecule has 2 amide bonds. The molecule has 0 saturated carbocycles. The zero-order valence-electron chi connectivity index (χ0n) is 20.7. The Labute approximate surface area is 212 Å². The number of hydrogen-bond acceptors (Lipinski definition) is 5. The van der Waals surface area contributed by atoms with Crippen molar-refractivity contribution in [2.75, 3.05) is 33.9 Å². The van der Waals surface area contributed by atoms with Gasteiger partial charge in [-0.2, -0.15) is 0 Å². The van der Waals surface area contributed by atoms with Gasteiger partial charge in [0.15, 0.2) is 0 Å². The topological polar surface area (TPSA) is 77.1 Å². The normalized spacial score (nSPS) is 14.6. The maximum Gasteiger partial charge on any atom is 0.408 e. The molecule has 188 valence electrons. The van der Waals surface area contributed by atoms with Gasteiger partial charge in [-0.15, -0.1) is 0 Å². The SMILES string of the molecule is COc1ccc(CCNC(=O)OC2(c3ccccc3)CCN(C(=O)c3ccc(OC)cc3)CC2)cc1. The minimum atomic E-state index is -0.790. The third-order valence-electron chi connectivity index (χ3n) is 6.63. The molecular formula is C29H32N2O5. The number of nitrogens with one attached hydrogen (secondary N) is 1. The minimum Gasteiger partial charge on any atom is -0.497 e. The Morgan fingerprint density at radius 2 is 1.42 bits per heavy atom. The second-order valence-corrected chi connectivity index (χ2v) is 8.80. The zero-order chi connectivity index (χ0) is 25.4. The predicted molar refractivity (Wildman–Crippen MR) is 137 cm³/mol. The van der Waals surface area contributed by atoms with Crippen LogP contribution < -0.4 is 14.8 Å². The van der Waals surface area contributed by atoms with Gasteiger partial charge in [0, 0.05) is 38.0 Å². The van der Waals surface area contributed by atoms with Crippen molar-refractivity contribution in [3.8, 4) is 11.5 Å². The van der Waals surface area contributed by atoms with Gasteiger partial charge < -0.3 is 24.4 Å². The third kappa shape index (κ3) is 5.97. The lowest BCUT2D eigenvalue weighted by atomic mass is 9.84. The summed E-state index contributed by atoms with van der Waals surface area (Å²) in [6.45, 7) is 1.43. The molecule has 3 aromatic rings. The van der Waals surface area contributed by atoms with Crippen molar-refractivity contribution in [1.82, 2.24) is 10.2 Å². The molecule has 1 heterocycles. The number of likely N-dealkylation sites (tertiary alicyclic amines) is 1. The molecule has 36 heavy (non-hydrogen) atoms. The smallest absolute Gasteiger partial charge is 0.408 e. The van der Waals surface area contributed by atoms with Crippen LogP contribution in [0.4, 0.5) is 4.79 Å². The lowest BCUT2D eigenvalue weighted by Gasteiger charge is -2.41. The summed E-state index contributed by atoms with van der Waals surface area (Å²) in [6, 6.07) is 24.6. The van der Waals surface area contributed by atoms with E-state index >= 15 is 0 Å². The number of benzene rings is 3. The maximum atomic E-state index is 13.0. The molecule has 1 aliphatic rings. The second kappa shape index (κ2) is 11.6. The first-order chi connectivity index (χ1) is 17.5. The van der Waals surface area contributed by atoms with E-state index in [2.05, 4.69) is 5.32 Å². The Morgan fingerprint density at radius 1 is 0.833 bits per heavy atom. The largest absolute Gasteiger partial charge is 0.497 e. The Bertz CT molecular complexity index is 1140. The van der Waals surface area contributed by atoms with Gasteiger partial charge in [-0.25, -0.2) is 4.79 Å². The number of alkyl carbamates (subject to hydrolysis) is 1. The summed E-state index contributed by atoms with van der Waals surface area (Å²) >= 11 is 0. The van der Waals surface area contributed by atoms with Gasteiger partial charge in [0.25, 0.3) is 5.91 Å². The average Bonchev–Trinajstić information content (AvgIpc) is 2.94. The summed E-state index contributed by atoms with van der Waals surface area (Å²) < 4.78 is 16.5. The van der Waals surface area contributed by atoms with Crippen molar-refractivity contribution in [1.29, 1.82) is 0 Å². The Morgan fingerprint density at radius 3 is 2.00 bits per heavy atom. The van der Waals surface area contributed by atoms with Crippen molar-refractivity contribution < 1.29 is 23.8 Å². The van der Waals surface area contributed by atoms with E-state index in [0.717, 1.165) is 16.9 Å². The summed E-state index contributed by atoms with van der Waals surface area (Å²) in [6.07, 6.45) is 1.26. The quantitative estimate of drug-likeness (QED) is 0.493. The Balaban J connectivity index is 1.38. The lowest BCUT2D eigenvalue weighted by Crippen LogP contribution is -2.48. The predicted octanol–water partition coefficient (Wildman–Crippen LogP) is 4.80. The van der Waals surface area contributed by atoms with E-state index in [1.807, 2.05) is 59.5 Å². The number of ether oxygens (including phenoxy) is 3. The van der Waals surface area contributed by atoms with Crippen LogP contribution in [0.15, 0.2) is 78.9 Å². The number of piperidine rings is 1. The Hall–Kier alpha value is -4.00. The van der Waals surface area contributed by atoms with Crippen molar-refractivity contribution in [2.24, 2.45) is 0 Å². The van der Waals surface area contributed by atoms with Gasteiger partial charge >= 0.3 is 6.09 Å². The van der Waals surface area contributed by atoms with E-state index in [-0.39, 0.29) is 5.91 Å². The number of hydrogen-bond donors (Lipinski definition) is 1. The van der Waals surface area contributed by atoms with Gasteiger partial charge in [-0.1, -0.05) is 42.5 Å². The fourth-order valence-corrected chi connectivity index (χ4v) is 4.49. The standard InChI is InChI=1S/C29H32N2O5/c1-34-25-12-8-22(9-13-25)16-19-30-28(33)36-29(24-6-4-3-5-7-24)17-20-31(21-18-29)27(32)23-10-14-26(35-2)15-11-23/h3-15H,16-21H2,1-2H3,(H,30,33). The molecule has 0 aliphatic carbocycles. The maximum absolute atomic E-state index is 13.0. The summed E-state index contributed by atoms with van der Waals surface area (Å²) in [5.41, 5.74) is 1.86. The summed E-state index contributed by atoms with van der Waals surface area (Å²) in [4.78, 5) is 27.7. The first-order valence-corrected chi connectivity index (χ1v) is 12.1. The molecular weight excluding hydrogens is 456 g/mol. The van der Waals surface area contributed by atoms with Crippen LogP contribution >= 0.6 is 0 Å². The molecule has 3 aromatic carbocycles. The van der Waals surface area contributed by atoms with Crippen molar-refractivity contribution in [2.45, 2.75) is 24.9 Å². The molecule has 0 unspecified atom stereocenters. The van der Waals surface area contributed by atoms with Crippen LogP contribution in [0.3, 0.4) is 0 Å². The first-order valence-electron chi connectivity index (χ1n) is 12.1.